The van der Waals surface area contributed by atoms with Gasteiger partial charge in [-0.1, -0.05) is 37.6 Å². The van der Waals surface area contributed by atoms with E-state index in [2.05, 4.69) is 31.4 Å². The second-order valence-electron chi connectivity index (χ2n) is 5.07. The van der Waals surface area contributed by atoms with E-state index in [9.17, 15) is 0 Å². The maximum Gasteiger partial charge on any atom is 0.0587 e. The summed E-state index contributed by atoms with van der Waals surface area (Å²) in [7, 11) is 0. The fraction of sp³-hybridized carbons (Fsp3) is 0.571. The first-order valence-corrected chi connectivity index (χ1v) is 8.89. The normalized spacial score (nSPS) is 29.2. The van der Waals surface area contributed by atoms with Crippen molar-refractivity contribution in [2.45, 2.75) is 42.6 Å². The summed E-state index contributed by atoms with van der Waals surface area (Å²) in [6.45, 7) is 6.61. The van der Waals surface area contributed by atoms with E-state index in [4.69, 9.17) is 17.4 Å². The lowest BCUT2D eigenvalue weighted by atomic mass is 10.0. The molecule has 4 unspecified atom stereocenters. The Balaban J connectivity index is 2.17. The van der Waals surface area contributed by atoms with Gasteiger partial charge in [-0.2, -0.15) is 23.5 Å². The summed E-state index contributed by atoms with van der Waals surface area (Å²) in [5.74, 6) is 6.91. The molecule has 1 fully saturated rings. The van der Waals surface area contributed by atoms with Gasteiger partial charge in [0.2, 0.25) is 0 Å². The molecule has 2 nitrogen and oxygen atoms in total. The Labute approximate surface area is 129 Å². The summed E-state index contributed by atoms with van der Waals surface area (Å²) < 4.78 is 0. The Morgan fingerprint density at radius 1 is 1.37 bits per heavy atom. The third-order valence-corrected chi connectivity index (χ3v) is 7.58. The van der Waals surface area contributed by atoms with Gasteiger partial charge in [-0.25, -0.2) is 0 Å². The quantitative estimate of drug-likeness (QED) is 0.657. The average Bonchev–Trinajstić information content (AvgIpc) is 2.39. The van der Waals surface area contributed by atoms with Gasteiger partial charge < -0.3 is 0 Å². The Bertz CT molecular complexity index is 441. The topological polar surface area (TPSA) is 38.0 Å². The van der Waals surface area contributed by atoms with E-state index in [1.807, 2.05) is 36.5 Å². The Hall–Kier alpha value is 0.130. The molecule has 0 bridgehead atoms. The molecule has 19 heavy (non-hydrogen) atoms. The van der Waals surface area contributed by atoms with E-state index in [0.29, 0.717) is 15.7 Å². The first-order valence-electron chi connectivity index (χ1n) is 6.52. The number of thioether (sulfide) groups is 2. The smallest absolute Gasteiger partial charge is 0.0587 e. The molecule has 2 rings (SSSR count). The molecule has 0 spiro atoms. The van der Waals surface area contributed by atoms with Crippen LogP contribution in [0.3, 0.4) is 0 Å². The highest BCUT2D eigenvalue weighted by Gasteiger charge is 2.31. The first-order chi connectivity index (χ1) is 9.02. The molecule has 1 aromatic carbocycles. The molecule has 1 saturated heterocycles. The predicted molar refractivity (Wildman–Crippen MR) is 89.0 cm³/mol. The zero-order valence-corrected chi connectivity index (χ0v) is 13.9. The third kappa shape index (κ3) is 3.61. The number of halogens is 1. The van der Waals surface area contributed by atoms with Crippen molar-refractivity contribution in [2.24, 2.45) is 5.84 Å². The van der Waals surface area contributed by atoms with Gasteiger partial charge in [0.25, 0.3) is 0 Å². The molecule has 0 aliphatic carbocycles. The summed E-state index contributed by atoms with van der Waals surface area (Å²) in [4.78, 5) is 0. The summed E-state index contributed by atoms with van der Waals surface area (Å²) in [5.41, 5.74) is 5.26. The third-order valence-electron chi connectivity index (χ3n) is 3.68. The van der Waals surface area contributed by atoms with Crippen molar-refractivity contribution in [2.75, 3.05) is 5.75 Å². The summed E-state index contributed by atoms with van der Waals surface area (Å²) in [6.07, 6.45) is 0. The van der Waals surface area contributed by atoms with Gasteiger partial charge in [-0.15, -0.1) is 0 Å². The SMILES string of the molecule is Cc1ccc(C(NN)C2CSC(C)C(C)S2)cc1Cl. The van der Waals surface area contributed by atoms with Crippen LogP contribution in [0.2, 0.25) is 5.02 Å². The monoisotopic (exact) mass is 316 g/mol. The van der Waals surface area contributed by atoms with Gasteiger partial charge >= 0.3 is 0 Å². The number of benzene rings is 1. The number of nitrogens with one attached hydrogen (secondary N) is 1. The van der Waals surface area contributed by atoms with E-state index < -0.39 is 0 Å². The van der Waals surface area contributed by atoms with Gasteiger partial charge in [0.05, 0.1) is 6.04 Å². The molecule has 4 atom stereocenters. The molecule has 1 heterocycles. The van der Waals surface area contributed by atoms with E-state index in [0.717, 1.165) is 16.3 Å². The number of hydrogen-bond acceptors (Lipinski definition) is 4. The van der Waals surface area contributed by atoms with Crippen molar-refractivity contribution < 1.29 is 0 Å². The minimum atomic E-state index is 0.158. The van der Waals surface area contributed by atoms with Crippen LogP contribution >= 0.6 is 35.1 Å². The molecule has 106 valence electrons. The molecule has 0 amide bonds. The summed E-state index contributed by atoms with van der Waals surface area (Å²) in [6, 6.07) is 6.38. The fourth-order valence-corrected chi connectivity index (χ4v) is 5.49. The first kappa shape index (κ1) is 15.5. The maximum atomic E-state index is 6.23. The Kier molecular flexibility index (Phi) is 5.49. The highest BCUT2D eigenvalue weighted by atomic mass is 35.5. The largest absolute Gasteiger partial charge is 0.271 e. The zero-order chi connectivity index (χ0) is 14.0. The van der Waals surface area contributed by atoms with Crippen molar-refractivity contribution >= 4 is 35.1 Å². The highest BCUT2D eigenvalue weighted by Crippen LogP contribution is 2.41. The molecule has 1 aliphatic heterocycles. The van der Waals surface area contributed by atoms with Crippen LogP contribution in [-0.4, -0.2) is 21.5 Å². The number of nitrogens with two attached hydrogens (primary N) is 1. The number of aryl methyl sites for hydroxylation is 1. The van der Waals surface area contributed by atoms with Crippen LogP contribution in [-0.2, 0) is 0 Å². The van der Waals surface area contributed by atoms with Crippen LogP contribution in [0.1, 0.15) is 31.0 Å². The number of hydrogen-bond donors (Lipinski definition) is 2. The van der Waals surface area contributed by atoms with Gasteiger partial charge in [0.1, 0.15) is 0 Å². The van der Waals surface area contributed by atoms with Crippen molar-refractivity contribution in [3.8, 4) is 0 Å². The van der Waals surface area contributed by atoms with Crippen molar-refractivity contribution in [1.29, 1.82) is 0 Å². The molecule has 0 radical (unpaired) electrons. The molecule has 5 heteroatoms. The molecule has 1 aliphatic rings. The molecular weight excluding hydrogens is 296 g/mol. The standard InChI is InChI=1S/C14H21ClN2S2/c1-8-4-5-11(6-12(8)15)14(17-16)13-7-18-9(2)10(3)19-13/h4-6,9-10,13-14,17H,7,16H2,1-3H3. The lowest BCUT2D eigenvalue weighted by Crippen LogP contribution is -2.40. The van der Waals surface area contributed by atoms with Crippen LogP contribution in [0.5, 0.6) is 0 Å². The van der Waals surface area contributed by atoms with E-state index >= 15 is 0 Å². The predicted octanol–water partition coefficient (Wildman–Crippen LogP) is 3.78. The van der Waals surface area contributed by atoms with Crippen LogP contribution in [0.4, 0.5) is 0 Å². The molecule has 3 N–H and O–H groups in total. The second kappa shape index (κ2) is 6.72. The number of rotatable bonds is 3. The van der Waals surface area contributed by atoms with E-state index in [1.165, 1.54) is 5.56 Å². The second-order valence-corrected chi connectivity index (χ2v) is 8.51. The minimum absolute atomic E-state index is 0.158. The van der Waals surface area contributed by atoms with Crippen LogP contribution in [0, 0.1) is 6.92 Å². The lowest BCUT2D eigenvalue weighted by Gasteiger charge is -2.35. The average molecular weight is 317 g/mol. The number of hydrazine groups is 1. The Morgan fingerprint density at radius 2 is 2.11 bits per heavy atom. The molecule has 0 saturated carbocycles. The van der Waals surface area contributed by atoms with Gasteiger partial charge in [0, 0.05) is 26.5 Å². The van der Waals surface area contributed by atoms with Crippen LogP contribution in [0.25, 0.3) is 0 Å². The van der Waals surface area contributed by atoms with Crippen LogP contribution in [0.15, 0.2) is 18.2 Å². The van der Waals surface area contributed by atoms with Crippen molar-refractivity contribution in [3.05, 3.63) is 34.3 Å². The van der Waals surface area contributed by atoms with Crippen molar-refractivity contribution in [1.82, 2.24) is 5.43 Å². The van der Waals surface area contributed by atoms with Crippen LogP contribution < -0.4 is 11.3 Å². The van der Waals surface area contributed by atoms with E-state index in [-0.39, 0.29) is 6.04 Å². The molecule has 1 aromatic rings. The fourth-order valence-electron chi connectivity index (χ4n) is 2.20. The Morgan fingerprint density at radius 3 is 2.68 bits per heavy atom. The zero-order valence-electron chi connectivity index (χ0n) is 11.5. The lowest BCUT2D eigenvalue weighted by molar-refractivity contribution is 0.549. The highest BCUT2D eigenvalue weighted by molar-refractivity contribution is 8.07. The summed E-state index contributed by atoms with van der Waals surface area (Å²) in [5, 5.41) is 2.66. The molecular formula is C14H21ClN2S2. The minimum Gasteiger partial charge on any atom is -0.271 e. The van der Waals surface area contributed by atoms with Gasteiger partial charge in [-0.3, -0.25) is 11.3 Å². The summed E-state index contributed by atoms with van der Waals surface area (Å²) >= 11 is 10.3. The maximum absolute atomic E-state index is 6.23. The van der Waals surface area contributed by atoms with Gasteiger partial charge in [0.15, 0.2) is 0 Å². The van der Waals surface area contributed by atoms with Gasteiger partial charge in [-0.05, 0) is 24.1 Å². The van der Waals surface area contributed by atoms with E-state index in [1.54, 1.807) is 0 Å². The molecule has 0 aromatic heterocycles. The van der Waals surface area contributed by atoms with Crippen molar-refractivity contribution in [3.63, 3.8) is 0 Å².